The highest BCUT2D eigenvalue weighted by molar-refractivity contribution is 6.10. The maximum atomic E-state index is 14.8. The second-order valence-electron chi connectivity index (χ2n) is 6.61. The molecule has 0 fully saturated rings. The molecule has 0 spiro atoms. The molecule has 0 atom stereocenters. The van der Waals surface area contributed by atoms with Crippen LogP contribution in [0.2, 0.25) is 0 Å². The van der Waals surface area contributed by atoms with E-state index in [0.29, 0.717) is 33.1 Å². The predicted molar refractivity (Wildman–Crippen MR) is 94.8 cm³/mol. The van der Waals surface area contributed by atoms with E-state index in [2.05, 4.69) is 0 Å². The predicted octanol–water partition coefficient (Wildman–Crippen LogP) is 6.27. The molecule has 0 N–H and O–H groups in total. The molecule has 1 aromatic heterocycles. The average molecular weight is 357 g/mol. The van der Waals surface area contributed by atoms with Crippen LogP contribution in [0.25, 0.3) is 27.5 Å². The van der Waals surface area contributed by atoms with Crippen LogP contribution in [-0.2, 0) is 0 Å². The van der Waals surface area contributed by atoms with Crippen LogP contribution in [0.4, 0.5) is 17.6 Å². The van der Waals surface area contributed by atoms with Gasteiger partial charge in [0.1, 0.15) is 11.6 Å². The molecule has 5 heteroatoms. The summed E-state index contributed by atoms with van der Waals surface area (Å²) < 4.78 is 58.8. The molecule has 26 heavy (non-hydrogen) atoms. The number of aromatic nitrogens is 1. The lowest BCUT2D eigenvalue weighted by Crippen LogP contribution is -2.00. The fourth-order valence-corrected chi connectivity index (χ4v) is 3.35. The van der Waals surface area contributed by atoms with Crippen molar-refractivity contribution >= 4 is 21.8 Å². The average Bonchev–Trinajstić information content (AvgIpc) is 2.89. The lowest BCUT2D eigenvalue weighted by atomic mass is 10.1. The number of hydrogen-bond donors (Lipinski definition) is 0. The fraction of sp³-hybridized carbons (Fsp3) is 0.143. The first kappa shape index (κ1) is 16.6. The smallest absolute Gasteiger partial charge is 0.183 e. The van der Waals surface area contributed by atoms with E-state index < -0.39 is 23.3 Å². The summed E-state index contributed by atoms with van der Waals surface area (Å²) in [7, 11) is 0. The van der Waals surface area contributed by atoms with Gasteiger partial charge in [0.25, 0.3) is 0 Å². The molecule has 4 rings (SSSR count). The number of nitrogens with zero attached hydrogens (tertiary/aromatic N) is 1. The number of aryl methyl sites for hydroxylation is 3. The Balaban J connectivity index is 2.27. The normalized spacial score (nSPS) is 11.7. The summed E-state index contributed by atoms with van der Waals surface area (Å²) >= 11 is 0. The van der Waals surface area contributed by atoms with Gasteiger partial charge in [0, 0.05) is 16.5 Å². The van der Waals surface area contributed by atoms with Gasteiger partial charge in [-0.05, 0) is 67.8 Å². The van der Waals surface area contributed by atoms with Gasteiger partial charge in [-0.15, -0.1) is 0 Å². The molecule has 0 bridgehead atoms. The minimum Gasteiger partial charge on any atom is -0.306 e. The van der Waals surface area contributed by atoms with E-state index in [4.69, 9.17) is 0 Å². The highest BCUT2D eigenvalue weighted by atomic mass is 19.2. The Morgan fingerprint density at radius 1 is 0.654 bits per heavy atom. The first-order chi connectivity index (χ1) is 12.3. The number of hydrogen-bond acceptors (Lipinski definition) is 0. The lowest BCUT2D eigenvalue weighted by molar-refractivity contribution is 0.509. The maximum absolute atomic E-state index is 14.8. The third-order valence-corrected chi connectivity index (χ3v) is 4.81. The zero-order valence-electron chi connectivity index (χ0n) is 14.4. The molecule has 0 radical (unpaired) electrons. The molecule has 3 aromatic carbocycles. The monoisotopic (exact) mass is 357 g/mol. The standard InChI is InChI=1S/C21H15F4N/c1-10-4-5-13(8-16(10)22)26-18-9-17(23)11(2)6-14(18)15-7-12(3)19(24)20(25)21(15)26/h4-9H,1-3H3. The Morgan fingerprint density at radius 2 is 1.31 bits per heavy atom. The number of benzene rings is 3. The molecular formula is C21H15F4N. The first-order valence-corrected chi connectivity index (χ1v) is 8.15. The molecule has 4 aromatic rings. The summed E-state index contributed by atoms with van der Waals surface area (Å²) in [5.41, 5.74) is 1.62. The van der Waals surface area contributed by atoms with E-state index in [1.165, 1.54) is 29.7 Å². The largest absolute Gasteiger partial charge is 0.306 e. The molecule has 1 nitrogen and oxygen atoms in total. The van der Waals surface area contributed by atoms with Crippen molar-refractivity contribution in [2.75, 3.05) is 0 Å². The van der Waals surface area contributed by atoms with E-state index in [1.54, 1.807) is 32.0 Å². The molecule has 0 unspecified atom stereocenters. The van der Waals surface area contributed by atoms with E-state index in [-0.39, 0.29) is 11.1 Å². The second kappa shape index (κ2) is 5.59. The number of halogens is 4. The Bertz CT molecular complexity index is 1200. The van der Waals surface area contributed by atoms with Crippen molar-refractivity contribution in [2.24, 2.45) is 0 Å². The zero-order valence-corrected chi connectivity index (χ0v) is 14.4. The van der Waals surface area contributed by atoms with Crippen molar-refractivity contribution in [2.45, 2.75) is 20.8 Å². The van der Waals surface area contributed by atoms with Crippen molar-refractivity contribution < 1.29 is 17.6 Å². The van der Waals surface area contributed by atoms with Gasteiger partial charge in [-0.2, -0.15) is 0 Å². The van der Waals surface area contributed by atoms with Gasteiger partial charge in [0.05, 0.1) is 11.0 Å². The molecule has 0 aliphatic carbocycles. The molecule has 0 amide bonds. The molecule has 0 aliphatic rings. The van der Waals surface area contributed by atoms with E-state index in [1.807, 2.05) is 0 Å². The maximum Gasteiger partial charge on any atom is 0.183 e. The van der Waals surface area contributed by atoms with Crippen LogP contribution in [0, 0.1) is 44.0 Å². The third-order valence-electron chi connectivity index (χ3n) is 4.81. The van der Waals surface area contributed by atoms with Gasteiger partial charge in [-0.25, -0.2) is 17.6 Å². The van der Waals surface area contributed by atoms with Crippen LogP contribution in [0.3, 0.4) is 0 Å². The topological polar surface area (TPSA) is 4.93 Å². The van der Waals surface area contributed by atoms with Crippen molar-refractivity contribution in [3.63, 3.8) is 0 Å². The highest BCUT2D eigenvalue weighted by Gasteiger charge is 2.21. The zero-order chi connectivity index (χ0) is 18.7. The Labute approximate surface area is 147 Å². The van der Waals surface area contributed by atoms with Crippen LogP contribution in [-0.4, -0.2) is 4.57 Å². The molecule has 132 valence electrons. The molecular weight excluding hydrogens is 342 g/mol. The van der Waals surface area contributed by atoms with Crippen LogP contribution in [0.5, 0.6) is 0 Å². The van der Waals surface area contributed by atoms with Gasteiger partial charge in [-0.3, -0.25) is 0 Å². The van der Waals surface area contributed by atoms with E-state index in [0.717, 1.165) is 0 Å². The number of rotatable bonds is 1. The third kappa shape index (κ3) is 2.23. The minimum atomic E-state index is -1.03. The molecule has 1 heterocycles. The van der Waals surface area contributed by atoms with E-state index in [9.17, 15) is 17.6 Å². The van der Waals surface area contributed by atoms with Gasteiger partial charge in [0.2, 0.25) is 0 Å². The van der Waals surface area contributed by atoms with Crippen molar-refractivity contribution in [1.29, 1.82) is 0 Å². The van der Waals surface area contributed by atoms with Gasteiger partial charge < -0.3 is 4.57 Å². The minimum absolute atomic E-state index is 0.0312. The van der Waals surface area contributed by atoms with Crippen LogP contribution in [0.15, 0.2) is 36.4 Å². The van der Waals surface area contributed by atoms with Crippen LogP contribution >= 0.6 is 0 Å². The Kier molecular flexibility index (Phi) is 3.58. The quantitative estimate of drug-likeness (QED) is 0.354. The summed E-state index contributed by atoms with van der Waals surface area (Å²) in [6.45, 7) is 4.69. The summed E-state index contributed by atoms with van der Waals surface area (Å²) in [6.07, 6.45) is 0. The van der Waals surface area contributed by atoms with Gasteiger partial charge in [-0.1, -0.05) is 6.07 Å². The summed E-state index contributed by atoms with van der Waals surface area (Å²) in [5.74, 6) is -2.94. The lowest BCUT2D eigenvalue weighted by Gasteiger charge is -2.10. The Morgan fingerprint density at radius 3 is 2.00 bits per heavy atom. The summed E-state index contributed by atoms with van der Waals surface area (Å²) in [6, 6.07) is 8.80. The second-order valence-corrected chi connectivity index (χ2v) is 6.61. The Hall–Kier alpha value is -2.82. The van der Waals surface area contributed by atoms with Gasteiger partial charge in [0.15, 0.2) is 11.6 Å². The highest BCUT2D eigenvalue weighted by Crippen LogP contribution is 2.36. The van der Waals surface area contributed by atoms with Crippen molar-refractivity contribution in [3.8, 4) is 5.69 Å². The molecule has 0 saturated heterocycles. The molecule has 0 aliphatic heterocycles. The molecule has 0 saturated carbocycles. The SMILES string of the molecule is Cc1ccc(-n2c3cc(F)c(C)cc3c3cc(C)c(F)c(F)c32)cc1F. The van der Waals surface area contributed by atoms with Crippen LogP contribution in [0.1, 0.15) is 16.7 Å². The summed E-state index contributed by atoms with van der Waals surface area (Å²) in [4.78, 5) is 0. The first-order valence-electron chi connectivity index (χ1n) is 8.15. The van der Waals surface area contributed by atoms with Crippen molar-refractivity contribution in [1.82, 2.24) is 4.57 Å². The van der Waals surface area contributed by atoms with Crippen molar-refractivity contribution in [3.05, 3.63) is 76.4 Å². The van der Waals surface area contributed by atoms with E-state index >= 15 is 0 Å². The number of fused-ring (bicyclic) bond motifs is 3. The fourth-order valence-electron chi connectivity index (χ4n) is 3.35. The van der Waals surface area contributed by atoms with Gasteiger partial charge >= 0.3 is 0 Å². The summed E-state index contributed by atoms with van der Waals surface area (Å²) in [5, 5.41) is 1.04. The van der Waals surface area contributed by atoms with Crippen LogP contribution < -0.4 is 0 Å².